The number of halogens is 2. The molecule has 0 aliphatic carbocycles. The second-order valence-corrected chi connectivity index (χ2v) is 7.19. The summed E-state index contributed by atoms with van der Waals surface area (Å²) >= 11 is 10.7. The van der Waals surface area contributed by atoms with Crippen molar-refractivity contribution in [1.29, 1.82) is 0 Å². The number of nitrogens with one attached hydrogen (secondary N) is 1. The lowest BCUT2D eigenvalue weighted by atomic mass is 10.1. The number of hydrogen-bond acceptors (Lipinski definition) is 4. The van der Waals surface area contributed by atoms with Crippen LogP contribution in [0.15, 0.2) is 28.3 Å². The maximum absolute atomic E-state index is 12.1. The van der Waals surface area contributed by atoms with Crippen LogP contribution >= 0.6 is 38.9 Å². The Morgan fingerprint density at radius 2 is 2.45 bits per heavy atom. The van der Waals surface area contributed by atoms with Gasteiger partial charge in [0.15, 0.2) is 10.0 Å². The van der Waals surface area contributed by atoms with E-state index in [1.54, 1.807) is 18.3 Å². The lowest BCUT2D eigenvalue weighted by Crippen LogP contribution is -2.36. The first kappa shape index (κ1) is 13.9. The highest BCUT2D eigenvalue weighted by Gasteiger charge is 2.29. The average Bonchev–Trinajstić information content (AvgIpc) is 3.01. The van der Waals surface area contributed by atoms with Gasteiger partial charge in [-0.2, -0.15) is 0 Å². The maximum Gasteiger partial charge on any atom is 0.261 e. The zero-order chi connectivity index (χ0) is 14.1. The van der Waals surface area contributed by atoms with Gasteiger partial charge in [-0.3, -0.25) is 4.79 Å². The van der Waals surface area contributed by atoms with E-state index in [4.69, 9.17) is 16.3 Å². The number of aromatic nitrogens is 1. The Kier molecular flexibility index (Phi) is 3.96. The van der Waals surface area contributed by atoms with Crippen LogP contribution in [0.4, 0.5) is 0 Å². The van der Waals surface area contributed by atoms with Crippen molar-refractivity contribution in [2.75, 3.05) is 0 Å². The minimum atomic E-state index is -0.486. The third kappa shape index (κ3) is 2.97. The minimum absolute atomic E-state index is 0.123. The van der Waals surface area contributed by atoms with Crippen molar-refractivity contribution < 1.29 is 9.53 Å². The fourth-order valence-electron chi connectivity index (χ4n) is 2.02. The molecule has 3 rings (SSSR count). The van der Waals surface area contributed by atoms with Crippen molar-refractivity contribution in [2.24, 2.45) is 0 Å². The van der Waals surface area contributed by atoms with E-state index in [-0.39, 0.29) is 5.91 Å². The molecule has 0 unspecified atom stereocenters. The third-order valence-electron chi connectivity index (χ3n) is 2.95. The molecule has 1 aromatic heterocycles. The van der Waals surface area contributed by atoms with E-state index in [1.165, 1.54) is 11.3 Å². The first-order valence-electron chi connectivity index (χ1n) is 5.95. The van der Waals surface area contributed by atoms with Gasteiger partial charge in [-0.1, -0.05) is 11.6 Å². The molecule has 1 aromatic carbocycles. The molecule has 2 heterocycles. The van der Waals surface area contributed by atoms with Gasteiger partial charge in [0.2, 0.25) is 0 Å². The van der Waals surface area contributed by atoms with Crippen molar-refractivity contribution >= 4 is 44.8 Å². The Bertz CT molecular complexity index is 662. The molecular formula is C13H10BrClN2O2S. The number of nitrogens with zero attached hydrogens (tertiary/aromatic N) is 1. The molecular weight excluding hydrogens is 364 g/mol. The lowest BCUT2D eigenvalue weighted by molar-refractivity contribution is -0.127. The molecule has 1 atom stereocenters. The van der Waals surface area contributed by atoms with Crippen molar-refractivity contribution in [3.8, 4) is 5.75 Å². The number of thiazole rings is 1. The van der Waals surface area contributed by atoms with Crippen LogP contribution in [0, 0.1) is 0 Å². The van der Waals surface area contributed by atoms with E-state index in [9.17, 15) is 4.79 Å². The van der Waals surface area contributed by atoms with E-state index in [0.717, 1.165) is 20.1 Å². The zero-order valence-electron chi connectivity index (χ0n) is 10.2. The van der Waals surface area contributed by atoms with Gasteiger partial charge >= 0.3 is 0 Å². The summed E-state index contributed by atoms with van der Waals surface area (Å²) in [6.45, 7) is 0.457. The predicted octanol–water partition coefficient (Wildman–Crippen LogP) is 3.18. The number of rotatable bonds is 3. The second kappa shape index (κ2) is 5.71. The van der Waals surface area contributed by atoms with E-state index in [2.05, 4.69) is 26.2 Å². The fraction of sp³-hybridized carbons (Fsp3) is 0.231. The molecule has 1 aliphatic rings. The molecule has 0 saturated carbocycles. The van der Waals surface area contributed by atoms with E-state index in [1.807, 2.05) is 6.07 Å². The molecule has 1 aliphatic heterocycles. The Balaban J connectivity index is 1.60. The third-order valence-corrected chi connectivity index (χ3v) is 4.66. The van der Waals surface area contributed by atoms with Gasteiger partial charge in [-0.05, 0) is 39.7 Å². The summed E-state index contributed by atoms with van der Waals surface area (Å²) in [5.41, 5.74) is 0.971. The molecule has 2 aromatic rings. The molecule has 0 bridgehead atoms. The summed E-state index contributed by atoms with van der Waals surface area (Å²) in [6, 6.07) is 5.39. The van der Waals surface area contributed by atoms with Gasteiger partial charge in [0.1, 0.15) is 5.75 Å². The molecule has 0 radical (unpaired) electrons. The second-order valence-electron chi connectivity index (χ2n) is 4.36. The summed E-state index contributed by atoms with van der Waals surface area (Å²) in [6.07, 6.45) is 1.80. The summed E-state index contributed by atoms with van der Waals surface area (Å²) in [5, 5.41) is 3.51. The van der Waals surface area contributed by atoms with Crippen molar-refractivity contribution in [3.63, 3.8) is 0 Å². The molecule has 4 nitrogen and oxygen atoms in total. The minimum Gasteiger partial charge on any atom is -0.480 e. The van der Waals surface area contributed by atoms with Gasteiger partial charge in [-0.15, -0.1) is 11.3 Å². The van der Waals surface area contributed by atoms with Crippen LogP contribution in [0.3, 0.4) is 0 Å². The summed E-state index contributed by atoms with van der Waals surface area (Å²) < 4.78 is 6.43. The summed E-state index contributed by atoms with van der Waals surface area (Å²) in [4.78, 5) is 17.1. The number of carbonyl (C=O) groups excluding carboxylic acids is 1. The molecule has 104 valence electrons. The number of carbonyl (C=O) groups is 1. The quantitative estimate of drug-likeness (QED) is 0.899. The molecule has 0 spiro atoms. The van der Waals surface area contributed by atoms with Crippen LogP contribution in [0.2, 0.25) is 5.02 Å². The molecule has 20 heavy (non-hydrogen) atoms. The lowest BCUT2D eigenvalue weighted by Gasteiger charge is -2.10. The summed E-state index contributed by atoms with van der Waals surface area (Å²) in [5.74, 6) is 0.608. The van der Waals surface area contributed by atoms with E-state index in [0.29, 0.717) is 18.0 Å². The normalized spacial score (nSPS) is 16.6. The van der Waals surface area contributed by atoms with Gasteiger partial charge in [0, 0.05) is 22.5 Å². The van der Waals surface area contributed by atoms with Crippen LogP contribution < -0.4 is 10.1 Å². The number of ether oxygens (including phenoxy) is 1. The Labute approximate surface area is 133 Å². The SMILES string of the molecule is O=C(NCc1cnc(Br)s1)[C@H]1Cc2cc(Cl)ccc2O1. The first-order chi connectivity index (χ1) is 9.61. The number of fused-ring (bicyclic) bond motifs is 1. The van der Waals surface area contributed by atoms with Gasteiger partial charge < -0.3 is 10.1 Å². The van der Waals surface area contributed by atoms with Crippen LogP contribution in [0.25, 0.3) is 0 Å². The largest absolute Gasteiger partial charge is 0.480 e. The fourth-order valence-corrected chi connectivity index (χ4v) is 3.51. The van der Waals surface area contributed by atoms with Gasteiger partial charge in [0.25, 0.3) is 5.91 Å². The average molecular weight is 374 g/mol. The monoisotopic (exact) mass is 372 g/mol. The van der Waals surface area contributed by atoms with Crippen LogP contribution in [-0.4, -0.2) is 17.0 Å². The molecule has 0 saturated heterocycles. The Morgan fingerprint density at radius 1 is 1.60 bits per heavy atom. The number of amides is 1. The van der Waals surface area contributed by atoms with E-state index >= 15 is 0 Å². The predicted molar refractivity (Wildman–Crippen MR) is 81.2 cm³/mol. The van der Waals surface area contributed by atoms with Crippen LogP contribution in [0.1, 0.15) is 10.4 Å². The first-order valence-corrected chi connectivity index (χ1v) is 7.93. The highest BCUT2D eigenvalue weighted by molar-refractivity contribution is 9.11. The van der Waals surface area contributed by atoms with Crippen LogP contribution in [-0.2, 0) is 17.8 Å². The summed E-state index contributed by atoms with van der Waals surface area (Å²) in [7, 11) is 0. The number of benzene rings is 1. The van der Waals surface area contributed by atoms with Crippen molar-refractivity contribution in [1.82, 2.24) is 10.3 Å². The van der Waals surface area contributed by atoms with Gasteiger partial charge in [-0.25, -0.2) is 4.98 Å². The highest BCUT2D eigenvalue weighted by atomic mass is 79.9. The van der Waals surface area contributed by atoms with E-state index < -0.39 is 6.10 Å². The Morgan fingerprint density at radius 3 is 3.20 bits per heavy atom. The zero-order valence-corrected chi connectivity index (χ0v) is 13.4. The van der Waals surface area contributed by atoms with Crippen molar-refractivity contribution in [3.05, 3.63) is 43.8 Å². The maximum atomic E-state index is 12.1. The molecule has 1 N–H and O–H groups in total. The van der Waals surface area contributed by atoms with Gasteiger partial charge in [0.05, 0.1) is 6.54 Å². The molecule has 0 fully saturated rings. The van der Waals surface area contributed by atoms with Crippen LogP contribution in [0.5, 0.6) is 5.75 Å². The molecule has 1 amide bonds. The number of hydrogen-bond donors (Lipinski definition) is 1. The smallest absolute Gasteiger partial charge is 0.261 e. The van der Waals surface area contributed by atoms with Crippen molar-refractivity contribution in [2.45, 2.75) is 19.1 Å². The standard InChI is InChI=1S/C13H10BrClN2O2S/c14-13-17-6-9(20-13)5-16-12(18)11-4-7-3-8(15)1-2-10(7)19-11/h1-3,6,11H,4-5H2,(H,16,18)/t11-/m1/s1. The topological polar surface area (TPSA) is 51.2 Å². The molecule has 7 heteroatoms. The highest BCUT2D eigenvalue weighted by Crippen LogP contribution is 2.31. The Hall–Kier alpha value is -1.11.